The highest BCUT2D eigenvalue weighted by molar-refractivity contribution is 7.97. The first-order valence-corrected chi connectivity index (χ1v) is 11.6. The summed E-state index contributed by atoms with van der Waals surface area (Å²) in [4.78, 5) is 19.2. The highest BCUT2D eigenvalue weighted by Gasteiger charge is 2.20. The second-order valence-electron chi connectivity index (χ2n) is 7.23. The highest BCUT2D eigenvalue weighted by atomic mass is 32.2. The summed E-state index contributed by atoms with van der Waals surface area (Å²) in [6.07, 6.45) is 2.88. The first-order chi connectivity index (χ1) is 14.6. The number of aliphatic imine (C=N–C) groups is 1. The van der Waals surface area contributed by atoms with E-state index in [9.17, 15) is 9.18 Å². The predicted molar refractivity (Wildman–Crippen MR) is 122 cm³/mol. The average molecular weight is 429 g/mol. The van der Waals surface area contributed by atoms with Gasteiger partial charge in [0.15, 0.2) is 5.96 Å². The summed E-state index contributed by atoms with van der Waals surface area (Å²) in [5.74, 6) is 1.15. The zero-order valence-corrected chi connectivity index (χ0v) is 18.4. The minimum atomic E-state index is -0.231. The van der Waals surface area contributed by atoms with Crippen LogP contribution < -0.4 is 10.6 Å². The number of benzene rings is 2. The van der Waals surface area contributed by atoms with Gasteiger partial charge in [0.25, 0.3) is 0 Å². The van der Waals surface area contributed by atoms with Crippen LogP contribution in [0.3, 0.4) is 0 Å². The van der Waals surface area contributed by atoms with Gasteiger partial charge in [0.2, 0.25) is 5.91 Å². The molecule has 160 valence electrons. The van der Waals surface area contributed by atoms with Crippen LogP contribution in [-0.2, 0) is 30.1 Å². The van der Waals surface area contributed by atoms with Crippen LogP contribution in [0.25, 0.3) is 0 Å². The number of fused-ring (bicyclic) bond motifs is 1. The van der Waals surface area contributed by atoms with E-state index >= 15 is 0 Å². The standard InChI is InChI=1S/C23H29FN4OS/c1-3-25-23(26-13-18-8-9-21(24)12-20(18)16-30-2)27-14-22(29)28-11-10-17-6-4-5-7-19(17)15-28/h4-9,12H,3,10-11,13-16H2,1-2H3,(H2,25,26,27). The van der Waals surface area contributed by atoms with Crippen LogP contribution in [0.15, 0.2) is 47.5 Å². The summed E-state index contributed by atoms with van der Waals surface area (Å²) in [6.45, 7) is 4.68. The number of guanidine groups is 1. The van der Waals surface area contributed by atoms with Crippen molar-refractivity contribution < 1.29 is 9.18 Å². The molecule has 0 radical (unpaired) electrons. The van der Waals surface area contributed by atoms with Crippen LogP contribution in [0.1, 0.15) is 29.2 Å². The molecule has 2 aromatic rings. The SMILES string of the molecule is CCNC(=NCc1ccc(F)cc1CSC)NCC(=O)N1CCc2ccccc2C1. The number of hydrogen-bond donors (Lipinski definition) is 2. The third-order valence-electron chi connectivity index (χ3n) is 5.11. The Balaban J connectivity index is 1.60. The smallest absolute Gasteiger partial charge is 0.242 e. The van der Waals surface area contributed by atoms with Crippen molar-refractivity contribution in [2.45, 2.75) is 32.2 Å². The highest BCUT2D eigenvalue weighted by Crippen LogP contribution is 2.19. The van der Waals surface area contributed by atoms with Crippen molar-refractivity contribution in [3.8, 4) is 0 Å². The first-order valence-electron chi connectivity index (χ1n) is 10.2. The number of halogens is 1. The van der Waals surface area contributed by atoms with Gasteiger partial charge in [-0.2, -0.15) is 11.8 Å². The Bertz CT molecular complexity index is 903. The van der Waals surface area contributed by atoms with Gasteiger partial charge in [0, 0.05) is 25.4 Å². The topological polar surface area (TPSA) is 56.7 Å². The third kappa shape index (κ3) is 5.98. The van der Waals surface area contributed by atoms with E-state index in [0.717, 1.165) is 29.8 Å². The number of nitrogens with zero attached hydrogens (tertiary/aromatic N) is 2. The van der Waals surface area contributed by atoms with Crippen molar-refractivity contribution >= 4 is 23.6 Å². The van der Waals surface area contributed by atoms with Gasteiger partial charge in [-0.25, -0.2) is 9.38 Å². The molecule has 7 heteroatoms. The zero-order chi connectivity index (χ0) is 21.3. The zero-order valence-electron chi connectivity index (χ0n) is 17.6. The van der Waals surface area contributed by atoms with Gasteiger partial charge < -0.3 is 15.5 Å². The van der Waals surface area contributed by atoms with Gasteiger partial charge >= 0.3 is 0 Å². The number of thioether (sulfide) groups is 1. The lowest BCUT2D eigenvalue weighted by atomic mass is 10.00. The van der Waals surface area contributed by atoms with Crippen LogP contribution in [0.2, 0.25) is 0 Å². The molecule has 0 aliphatic carbocycles. The minimum Gasteiger partial charge on any atom is -0.357 e. The number of rotatable bonds is 7. The normalized spacial score (nSPS) is 13.7. The van der Waals surface area contributed by atoms with Crippen molar-refractivity contribution in [1.82, 2.24) is 15.5 Å². The number of amides is 1. The summed E-state index contributed by atoms with van der Waals surface area (Å²) in [7, 11) is 0. The molecule has 0 saturated carbocycles. The fourth-order valence-electron chi connectivity index (χ4n) is 3.52. The van der Waals surface area contributed by atoms with Crippen LogP contribution in [-0.4, -0.2) is 42.7 Å². The summed E-state index contributed by atoms with van der Waals surface area (Å²) >= 11 is 1.65. The van der Waals surface area contributed by atoms with Crippen LogP contribution in [0, 0.1) is 5.82 Å². The van der Waals surface area contributed by atoms with E-state index in [1.165, 1.54) is 17.2 Å². The Morgan fingerprint density at radius 2 is 1.97 bits per heavy atom. The molecule has 2 N–H and O–H groups in total. The maximum absolute atomic E-state index is 13.6. The second-order valence-corrected chi connectivity index (χ2v) is 8.09. The van der Waals surface area contributed by atoms with Crippen molar-refractivity contribution in [1.29, 1.82) is 0 Å². The van der Waals surface area contributed by atoms with E-state index in [1.807, 2.05) is 30.2 Å². The molecule has 0 unspecified atom stereocenters. The fraction of sp³-hybridized carbons (Fsp3) is 0.391. The molecule has 0 bridgehead atoms. The van der Waals surface area contributed by atoms with Gasteiger partial charge in [-0.05, 0) is 54.0 Å². The average Bonchev–Trinajstić information content (AvgIpc) is 2.76. The Morgan fingerprint density at radius 3 is 2.73 bits per heavy atom. The Kier molecular flexibility index (Phi) is 8.13. The molecule has 0 saturated heterocycles. The minimum absolute atomic E-state index is 0.0555. The molecule has 1 aliphatic rings. The molecular formula is C23H29FN4OS. The monoisotopic (exact) mass is 428 g/mol. The fourth-order valence-corrected chi connectivity index (χ4v) is 4.10. The van der Waals surface area contributed by atoms with Gasteiger partial charge in [0.05, 0.1) is 13.1 Å². The largest absolute Gasteiger partial charge is 0.357 e. The van der Waals surface area contributed by atoms with E-state index < -0.39 is 0 Å². The van der Waals surface area contributed by atoms with E-state index in [-0.39, 0.29) is 18.3 Å². The quantitative estimate of drug-likeness (QED) is 0.525. The molecule has 5 nitrogen and oxygen atoms in total. The summed E-state index contributed by atoms with van der Waals surface area (Å²) in [5.41, 5.74) is 4.48. The predicted octanol–water partition coefficient (Wildman–Crippen LogP) is 3.33. The van der Waals surface area contributed by atoms with Gasteiger partial charge in [-0.3, -0.25) is 4.79 Å². The van der Waals surface area contributed by atoms with Gasteiger partial charge in [0.1, 0.15) is 5.82 Å². The van der Waals surface area contributed by atoms with Crippen LogP contribution in [0.5, 0.6) is 0 Å². The van der Waals surface area contributed by atoms with Crippen LogP contribution >= 0.6 is 11.8 Å². The number of carbonyl (C=O) groups is 1. The molecule has 3 rings (SSSR count). The molecule has 2 aromatic carbocycles. The Morgan fingerprint density at radius 1 is 1.17 bits per heavy atom. The van der Waals surface area contributed by atoms with Crippen molar-refractivity contribution in [3.63, 3.8) is 0 Å². The molecule has 0 fully saturated rings. The maximum atomic E-state index is 13.6. The molecule has 0 aromatic heterocycles. The first kappa shape index (κ1) is 22.2. The van der Waals surface area contributed by atoms with Crippen molar-refractivity contribution in [2.24, 2.45) is 4.99 Å². The van der Waals surface area contributed by atoms with E-state index in [1.54, 1.807) is 23.9 Å². The molecular weight excluding hydrogens is 399 g/mol. The summed E-state index contributed by atoms with van der Waals surface area (Å²) < 4.78 is 13.6. The molecule has 0 atom stereocenters. The summed E-state index contributed by atoms with van der Waals surface area (Å²) in [6, 6.07) is 13.1. The third-order valence-corrected chi connectivity index (χ3v) is 5.71. The van der Waals surface area contributed by atoms with Gasteiger partial charge in [-0.15, -0.1) is 0 Å². The Hall–Kier alpha value is -2.54. The number of nitrogens with one attached hydrogen (secondary N) is 2. The lowest BCUT2D eigenvalue weighted by molar-refractivity contribution is -0.130. The second kappa shape index (κ2) is 11.0. The molecule has 1 aliphatic heterocycles. The lowest BCUT2D eigenvalue weighted by Crippen LogP contribution is -2.46. The number of hydrogen-bond acceptors (Lipinski definition) is 3. The molecule has 1 heterocycles. The van der Waals surface area contributed by atoms with E-state index in [4.69, 9.17) is 0 Å². The molecule has 0 spiro atoms. The summed E-state index contributed by atoms with van der Waals surface area (Å²) in [5, 5.41) is 6.32. The van der Waals surface area contributed by atoms with Crippen molar-refractivity contribution in [3.05, 3.63) is 70.5 Å². The molecule has 1 amide bonds. The molecule has 30 heavy (non-hydrogen) atoms. The van der Waals surface area contributed by atoms with Crippen molar-refractivity contribution in [2.75, 3.05) is 25.9 Å². The van der Waals surface area contributed by atoms with Crippen LogP contribution in [0.4, 0.5) is 4.39 Å². The Labute approximate surface area is 182 Å². The maximum Gasteiger partial charge on any atom is 0.242 e. The number of carbonyl (C=O) groups excluding carboxylic acids is 1. The van der Waals surface area contributed by atoms with Gasteiger partial charge in [-0.1, -0.05) is 30.3 Å². The lowest BCUT2D eigenvalue weighted by Gasteiger charge is -2.29. The van der Waals surface area contributed by atoms with E-state index in [0.29, 0.717) is 25.6 Å². The van der Waals surface area contributed by atoms with E-state index in [2.05, 4.69) is 27.8 Å².